The van der Waals surface area contributed by atoms with E-state index in [4.69, 9.17) is 15.9 Å². The number of hydrogen-bond acceptors (Lipinski definition) is 4. The minimum atomic E-state index is -1.38. The van der Waals surface area contributed by atoms with Gasteiger partial charge in [-0.1, -0.05) is 0 Å². The minimum absolute atomic E-state index is 0.0755. The fourth-order valence-electron chi connectivity index (χ4n) is 1.11. The lowest BCUT2D eigenvalue weighted by molar-refractivity contribution is -0.0150. The highest BCUT2D eigenvalue weighted by Gasteiger charge is 2.19. The molecule has 1 rings (SSSR count). The number of aliphatic hydroxyl groups is 3. The summed E-state index contributed by atoms with van der Waals surface area (Å²) in [6, 6.07) is 3.47. The first-order valence-electron chi connectivity index (χ1n) is 4.08. The molecule has 0 aromatic heterocycles. The van der Waals surface area contributed by atoms with Crippen molar-refractivity contribution in [2.75, 3.05) is 12.3 Å². The molecule has 5 heteroatoms. The highest BCUT2D eigenvalue weighted by atomic mass is 19.1. The lowest BCUT2D eigenvalue weighted by Gasteiger charge is -2.17. The van der Waals surface area contributed by atoms with E-state index in [9.17, 15) is 9.50 Å². The van der Waals surface area contributed by atoms with Gasteiger partial charge in [0.25, 0.3) is 0 Å². The van der Waals surface area contributed by atoms with Crippen LogP contribution in [0.5, 0.6) is 0 Å². The van der Waals surface area contributed by atoms with Gasteiger partial charge in [0, 0.05) is 11.3 Å². The maximum atomic E-state index is 12.8. The molecule has 1 aromatic rings. The summed E-state index contributed by atoms with van der Waals surface area (Å²) in [5.74, 6) is -0.557. The molecule has 4 nitrogen and oxygen atoms in total. The third kappa shape index (κ3) is 2.20. The van der Waals surface area contributed by atoms with Crippen molar-refractivity contribution in [2.45, 2.75) is 12.2 Å². The second kappa shape index (κ2) is 4.36. The Balaban J connectivity index is 2.99. The van der Waals surface area contributed by atoms with Crippen LogP contribution in [-0.4, -0.2) is 28.0 Å². The largest absolute Gasteiger partial charge is 0.398 e. The predicted molar refractivity (Wildman–Crippen MR) is 48.9 cm³/mol. The molecule has 0 saturated carbocycles. The Bertz CT molecular complexity index is 319. The van der Waals surface area contributed by atoms with Crippen LogP contribution in [0.1, 0.15) is 11.7 Å². The van der Waals surface area contributed by atoms with Crippen LogP contribution in [0.25, 0.3) is 0 Å². The highest BCUT2D eigenvalue weighted by molar-refractivity contribution is 5.48. The minimum Gasteiger partial charge on any atom is -0.398 e. The summed E-state index contributed by atoms with van der Waals surface area (Å²) in [5.41, 5.74) is 5.71. The molecular weight excluding hydrogens is 189 g/mol. The zero-order chi connectivity index (χ0) is 10.7. The molecule has 2 atom stereocenters. The smallest absolute Gasteiger partial charge is 0.123 e. The zero-order valence-corrected chi connectivity index (χ0v) is 7.39. The van der Waals surface area contributed by atoms with Gasteiger partial charge in [0.05, 0.1) is 6.61 Å². The maximum Gasteiger partial charge on any atom is 0.123 e. The van der Waals surface area contributed by atoms with E-state index in [0.717, 1.165) is 12.1 Å². The van der Waals surface area contributed by atoms with Gasteiger partial charge in [-0.25, -0.2) is 4.39 Å². The van der Waals surface area contributed by atoms with Gasteiger partial charge in [-0.2, -0.15) is 0 Å². The Morgan fingerprint density at radius 1 is 1.36 bits per heavy atom. The second-order valence-electron chi connectivity index (χ2n) is 2.97. The molecule has 0 heterocycles. The maximum absolute atomic E-state index is 12.8. The fourth-order valence-corrected chi connectivity index (χ4v) is 1.11. The molecule has 5 N–H and O–H groups in total. The monoisotopic (exact) mass is 201 g/mol. The highest BCUT2D eigenvalue weighted by Crippen LogP contribution is 2.23. The Kier molecular flexibility index (Phi) is 3.40. The topological polar surface area (TPSA) is 86.7 Å². The van der Waals surface area contributed by atoms with E-state index >= 15 is 0 Å². The van der Waals surface area contributed by atoms with Gasteiger partial charge in [0.15, 0.2) is 0 Å². The third-order valence-corrected chi connectivity index (χ3v) is 1.92. The SMILES string of the molecule is Nc1ccc(F)cc1C(O)C(O)CO. The quantitative estimate of drug-likeness (QED) is 0.510. The number of nitrogen functional groups attached to an aromatic ring is 1. The van der Waals surface area contributed by atoms with Crippen molar-refractivity contribution in [3.05, 3.63) is 29.6 Å². The average Bonchev–Trinajstić information content (AvgIpc) is 2.19. The van der Waals surface area contributed by atoms with Crippen molar-refractivity contribution >= 4 is 5.69 Å². The van der Waals surface area contributed by atoms with E-state index in [1.165, 1.54) is 6.07 Å². The van der Waals surface area contributed by atoms with Crippen LogP contribution < -0.4 is 5.73 Å². The van der Waals surface area contributed by atoms with Crippen LogP contribution in [-0.2, 0) is 0 Å². The van der Waals surface area contributed by atoms with Gasteiger partial charge >= 0.3 is 0 Å². The summed E-state index contributed by atoms with van der Waals surface area (Å²) in [4.78, 5) is 0. The van der Waals surface area contributed by atoms with E-state index in [0.29, 0.717) is 0 Å². The summed E-state index contributed by atoms with van der Waals surface area (Å²) in [6.07, 6.45) is -2.74. The van der Waals surface area contributed by atoms with Crippen LogP contribution in [0.15, 0.2) is 18.2 Å². The molecule has 0 amide bonds. The fraction of sp³-hybridized carbons (Fsp3) is 0.333. The third-order valence-electron chi connectivity index (χ3n) is 1.92. The van der Waals surface area contributed by atoms with Crippen LogP contribution in [0, 0.1) is 5.82 Å². The van der Waals surface area contributed by atoms with Crippen LogP contribution >= 0.6 is 0 Å². The Hall–Kier alpha value is -1.17. The number of aliphatic hydroxyl groups excluding tert-OH is 3. The molecule has 1 aromatic carbocycles. The standard InChI is InChI=1S/C9H12FNO3/c10-5-1-2-7(11)6(3-5)9(14)8(13)4-12/h1-3,8-9,12-14H,4,11H2. The number of nitrogens with two attached hydrogens (primary N) is 1. The Morgan fingerprint density at radius 3 is 2.57 bits per heavy atom. The number of anilines is 1. The summed E-state index contributed by atoms with van der Waals surface area (Å²) in [7, 11) is 0. The average molecular weight is 201 g/mol. The van der Waals surface area contributed by atoms with Gasteiger partial charge < -0.3 is 21.1 Å². The van der Waals surface area contributed by atoms with Crippen molar-refractivity contribution in [1.82, 2.24) is 0 Å². The van der Waals surface area contributed by atoms with Gasteiger partial charge in [-0.15, -0.1) is 0 Å². The molecule has 0 radical (unpaired) electrons. The number of benzene rings is 1. The molecule has 0 saturated heterocycles. The Labute approximate surface area is 80.4 Å². The molecule has 0 bridgehead atoms. The first kappa shape index (κ1) is 10.9. The zero-order valence-electron chi connectivity index (χ0n) is 7.39. The lowest BCUT2D eigenvalue weighted by atomic mass is 10.0. The molecule has 0 aliphatic heterocycles. The van der Waals surface area contributed by atoms with Crippen molar-refractivity contribution in [2.24, 2.45) is 0 Å². The van der Waals surface area contributed by atoms with Crippen molar-refractivity contribution in [1.29, 1.82) is 0 Å². The second-order valence-corrected chi connectivity index (χ2v) is 2.97. The van der Waals surface area contributed by atoms with Crippen molar-refractivity contribution in [3.63, 3.8) is 0 Å². The summed E-state index contributed by atoms with van der Waals surface area (Å²) in [6.45, 7) is -0.614. The molecular formula is C9H12FNO3. The number of rotatable bonds is 3. The summed E-state index contributed by atoms with van der Waals surface area (Å²) < 4.78 is 12.8. The first-order valence-corrected chi connectivity index (χ1v) is 4.08. The van der Waals surface area contributed by atoms with Crippen molar-refractivity contribution in [3.8, 4) is 0 Å². The molecule has 14 heavy (non-hydrogen) atoms. The van der Waals surface area contributed by atoms with Crippen LogP contribution in [0.2, 0.25) is 0 Å². The normalized spacial score (nSPS) is 15.1. The molecule has 78 valence electrons. The van der Waals surface area contributed by atoms with Gasteiger partial charge in [-0.3, -0.25) is 0 Å². The number of hydrogen-bond donors (Lipinski definition) is 4. The first-order chi connectivity index (χ1) is 6.56. The van der Waals surface area contributed by atoms with Crippen molar-refractivity contribution < 1.29 is 19.7 Å². The van der Waals surface area contributed by atoms with Crippen LogP contribution in [0.4, 0.5) is 10.1 Å². The van der Waals surface area contributed by atoms with E-state index in [1.54, 1.807) is 0 Å². The van der Waals surface area contributed by atoms with E-state index in [2.05, 4.69) is 0 Å². The van der Waals surface area contributed by atoms with Gasteiger partial charge in [0.1, 0.15) is 18.0 Å². The summed E-state index contributed by atoms with van der Waals surface area (Å²) in [5, 5.41) is 27.1. The van der Waals surface area contributed by atoms with Gasteiger partial charge in [-0.05, 0) is 18.2 Å². The molecule has 0 fully saturated rings. The Morgan fingerprint density at radius 2 is 2.00 bits per heavy atom. The van der Waals surface area contributed by atoms with Gasteiger partial charge in [0.2, 0.25) is 0 Å². The lowest BCUT2D eigenvalue weighted by Crippen LogP contribution is -2.23. The van der Waals surface area contributed by atoms with E-state index in [1.807, 2.05) is 0 Å². The number of halogens is 1. The predicted octanol–water partition coefficient (Wildman–Crippen LogP) is -0.205. The molecule has 2 unspecified atom stereocenters. The van der Waals surface area contributed by atoms with E-state index < -0.39 is 24.6 Å². The van der Waals surface area contributed by atoms with Crippen LogP contribution in [0.3, 0.4) is 0 Å². The molecule has 0 spiro atoms. The molecule has 0 aliphatic carbocycles. The molecule has 0 aliphatic rings. The summed E-state index contributed by atoms with van der Waals surface area (Å²) >= 11 is 0. The van der Waals surface area contributed by atoms with E-state index in [-0.39, 0.29) is 11.3 Å².